The summed E-state index contributed by atoms with van der Waals surface area (Å²) in [4.78, 5) is 13.8. The van der Waals surface area contributed by atoms with E-state index in [0.29, 0.717) is 26.2 Å². The van der Waals surface area contributed by atoms with E-state index >= 15 is 4.39 Å². The van der Waals surface area contributed by atoms with Gasteiger partial charge in [-0.1, -0.05) is 11.3 Å². The van der Waals surface area contributed by atoms with Gasteiger partial charge in [0.2, 0.25) is 0 Å². The van der Waals surface area contributed by atoms with E-state index in [2.05, 4.69) is 20.3 Å². The summed E-state index contributed by atoms with van der Waals surface area (Å²) >= 11 is 0.781. The third-order valence-corrected chi connectivity index (χ3v) is 6.24. The van der Waals surface area contributed by atoms with E-state index in [4.69, 9.17) is 5.73 Å². The summed E-state index contributed by atoms with van der Waals surface area (Å²) in [7, 11) is 0. The Labute approximate surface area is 181 Å². The molecule has 4 aromatic rings. The molecule has 2 aromatic heterocycles. The molecule has 3 N–H and O–H groups in total. The van der Waals surface area contributed by atoms with Crippen LogP contribution in [-0.2, 0) is 6.18 Å². The summed E-state index contributed by atoms with van der Waals surface area (Å²) in [6.07, 6.45) is -3.77. The predicted molar refractivity (Wildman–Crippen MR) is 113 cm³/mol. The van der Waals surface area contributed by atoms with Crippen LogP contribution in [0.2, 0.25) is 0 Å². The molecule has 0 amide bonds. The minimum atomic E-state index is -4.90. The highest BCUT2D eigenvalue weighted by molar-refractivity contribution is 7.22. The summed E-state index contributed by atoms with van der Waals surface area (Å²) in [5, 5.41) is 3.07. The maximum Gasteiger partial charge on any atom is 0.417 e. The number of benzene rings is 2. The number of hydrogen-bond acceptors (Lipinski definition) is 7. The molecule has 0 atom stereocenters. The molecule has 0 aliphatic carbocycles. The number of alkyl halides is 3. The predicted octanol–water partition coefficient (Wildman–Crippen LogP) is 4.20. The fraction of sp³-hybridized carbons (Fsp3) is 0.250. The lowest BCUT2D eigenvalue weighted by molar-refractivity contribution is -0.137. The number of halogens is 5. The molecular weight excluding hydrogens is 451 g/mol. The van der Waals surface area contributed by atoms with Crippen molar-refractivity contribution in [3.63, 3.8) is 0 Å². The number of rotatable bonds is 2. The minimum absolute atomic E-state index is 0.0376. The van der Waals surface area contributed by atoms with Crippen LogP contribution >= 0.6 is 11.3 Å². The zero-order valence-corrected chi connectivity index (χ0v) is 17.1. The van der Waals surface area contributed by atoms with Crippen molar-refractivity contribution in [1.82, 2.24) is 20.3 Å². The maximum absolute atomic E-state index is 15.8. The highest BCUT2D eigenvalue weighted by Crippen LogP contribution is 2.45. The van der Waals surface area contributed by atoms with Gasteiger partial charge in [-0.15, -0.1) is 0 Å². The summed E-state index contributed by atoms with van der Waals surface area (Å²) in [5.74, 6) is -1.64. The van der Waals surface area contributed by atoms with Gasteiger partial charge in [-0.2, -0.15) is 13.2 Å². The van der Waals surface area contributed by atoms with Gasteiger partial charge in [0.05, 0.1) is 15.8 Å². The van der Waals surface area contributed by atoms with Crippen LogP contribution in [0.3, 0.4) is 0 Å². The number of nitrogens with one attached hydrogen (secondary N) is 1. The largest absolute Gasteiger partial charge is 0.417 e. The zero-order chi connectivity index (χ0) is 22.6. The normalized spacial score (nSPS) is 15.1. The maximum atomic E-state index is 15.8. The molecule has 2 aromatic carbocycles. The van der Waals surface area contributed by atoms with Gasteiger partial charge in [0, 0.05) is 42.7 Å². The number of fused-ring (bicyclic) bond motifs is 2. The highest BCUT2D eigenvalue weighted by atomic mass is 32.1. The fourth-order valence-electron chi connectivity index (χ4n) is 3.96. The topological polar surface area (TPSA) is 80.0 Å². The molecule has 3 heterocycles. The molecule has 6 nitrogen and oxygen atoms in total. The van der Waals surface area contributed by atoms with Gasteiger partial charge in [-0.05, 0) is 18.2 Å². The van der Waals surface area contributed by atoms with E-state index in [1.807, 2.05) is 0 Å². The van der Waals surface area contributed by atoms with Crippen LogP contribution in [-0.4, -0.2) is 41.1 Å². The van der Waals surface area contributed by atoms with E-state index in [1.165, 1.54) is 0 Å². The van der Waals surface area contributed by atoms with Gasteiger partial charge in [0.15, 0.2) is 10.9 Å². The second-order valence-electron chi connectivity index (χ2n) is 7.27. The summed E-state index contributed by atoms with van der Waals surface area (Å²) in [6, 6.07) is 2.91. The minimum Gasteiger partial charge on any atom is -0.375 e. The molecule has 1 fully saturated rings. The van der Waals surface area contributed by atoms with E-state index in [1.54, 1.807) is 4.90 Å². The lowest BCUT2D eigenvalue weighted by Gasteiger charge is -2.29. The molecule has 5 rings (SSSR count). The zero-order valence-electron chi connectivity index (χ0n) is 16.3. The van der Waals surface area contributed by atoms with Crippen LogP contribution in [0, 0.1) is 11.6 Å². The Morgan fingerprint density at radius 3 is 2.53 bits per heavy atom. The van der Waals surface area contributed by atoms with Crippen molar-refractivity contribution in [3.8, 4) is 11.1 Å². The molecule has 1 saturated heterocycles. The van der Waals surface area contributed by atoms with E-state index in [9.17, 15) is 17.6 Å². The fourth-order valence-corrected chi connectivity index (χ4v) is 4.72. The van der Waals surface area contributed by atoms with Crippen LogP contribution in [0.15, 0.2) is 24.5 Å². The van der Waals surface area contributed by atoms with Gasteiger partial charge in [-0.3, -0.25) is 0 Å². The number of nitrogen functional groups attached to an aromatic ring is 1. The molecule has 1 aliphatic heterocycles. The average molecular weight is 466 g/mol. The average Bonchev–Trinajstić information content (AvgIpc) is 3.16. The van der Waals surface area contributed by atoms with Crippen molar-refractivity contribution in [3.05, 3.63) is 41.7 Å². The second-order valence-corrected chi connectivity index (χ2v) is 8.30. The molecular formula is C20H15F5N6S. The number of anilines is 2. The van der Waals surface area contributed by atoms with Crippen LogP contribution in [0.4, 0.5) is 32.9 Å². The summed E-state index contributed by atoms with van der Waals surface area (Å²) in [6.45, 7) is 2.26. The van der Waals surface area contributed by atoms with Crippen LogP contribution in [0.25, 0.3) is 32.2 Å². The van der Waals surface area contributed by atoms with Gasteiger partial charge in [0.1, 0.15) is 23.5 Å². The number of nitrogens with zero attached hydrogens (tertiary/aromatic N) is 4. The Hall–Kier alpha value is -3.12. The first-order valence-corrected chi connectivity index (χ1v) is 10.4. The Bertz CT molecular complexity index is 1350. The number of hydrogen-bond donors (Lipinski definition) is 2. The second kappa shape index (κ2) is 7.48. The van der Waals surface area contributed by atoms with Crippen molar-refractivity contribution >= 4 is 43.4 Å². The van der Waals surface area contributed by atoms with Crippen molar-refractivity contribution in [1.29, 1.82) is 0 Å². The third kappa shape index (κ3) is 3.30. The van der Waals surface area contributed by atoms with Gasteiger partial charge in [0.25, 0.3) is 0 Å². The third-order valence-electron chi connectivity index (χ3n) is 5.35. The molecule has 166 valence electrons. The summed E-state index contributed by atoms with van der Waals surface area (Å²) in [5.41, 5.74) is 3.11. The highest BCUT2D eigenvalue weighted by Gasteiger charge is 2.38. The quantitative estimate of drug-likeness (QED) is 0.431. The van der Waals surface area contributed by atoms with Crippen LogP contribution < -0.4 is 16.0 Å². The van der Waals surface area contributed by atoms with Gasteiger partial charge in [-0.25, -0.2) is 23.7 Å². The Morgan fingerprint density at radius 2 is 1.81 bits per heavy atom. The van der Waals surface area contributed by atoms with E-state index in [-0.39, 0.29) is 37.6 Å². The molecule has 12 heteroatoms. The van der Waals surface area contributed by atoms with Crippen LogP contribution in [0.5, 0.6) is 0 Å². The SMILES string of the molecule is Nc1nc2c(-c3c(C(F)(F)F)cc4c(N5CCNCC5)ncnc4c3F)ccc(F)c2s1. The Morgan fingerprint density at radius 1 is 1.06 bits per heavy atom. The van der Waals surface area contributed by atoms with E-state index < -0.39 is 28.9 Å². The van der Waals surface area contributed by atoms with Gasteiger partial charge >= 0.3 is 6.18 Å². The Kier molecular flexibility index (Phi) is 4.86. The summed E-state index contributed by atoms with van der Waals surface area (Å²) < 4.78 is 72.4. The van der Waals surface area contributed by atoms with Crippen molar-refractivity contribution in [2.24, 2.45) is 0 Å². The van der Waals surface area contributed by atoms with Crippen molar-refractivity contribution < 1.29 is 22.0 Å². The first-order valence-electron chi connectivity index (χ1n) is 9.60. The standard InChI is InChI=1S/C20H15F5N6S/c21-12-2-1-9(16-17(12)32-19(26)30-16)13-11(20(23,24)25)7-10-15(14(13)22)28-8-29-18(10)31-5-3-27-4-6-31/h1-2,7-8,27H,3-6H2,(H2,26,30). The lowest BCUT2D eigenvalue weighted by atomic mass is 9.95. The number of thiazole rings is 1. The number of piperazine rings is 1. The van der Waals surface area contributed by atoms with Crippen molar-refractivity contribution in [2.45, 2.75) is 6.18 Å². The molecule has 0 radical (unpaired) electrons. The van der Waals surface area contributed by atoms with Crippen LogP contribution in [0.1, 0.15) is 5.56 Å². The first-order chi connectivity index (χ1) is 15.3. The number of nitrogens with two attached hydrogens (primary N) is 1. The Balaban J connectivity index is 1.85. The molecule has 0 unspecified atom stereocenters. The molecule has 0 saturated carbocycles. The monoisotopic (exact) mass is 466 g/mol. The van der Waals surface area contributed by atoms with Gasteiger partial charge < -0.3 is 16.0 Å². The molecule has 1 aliphatic rings. The first kappa shape index (κ1) is 20.8. The molecule has 0 bridgehead atoms. The smallest absolute Gasteiger partial charge is 0.375 e. The van der Waals surface area contributed by atoms with Crippen molar-refractivity contribution in [2.75, 3.05) is 36.8 Å². The molecule has 32 heavy (non-hydrogen) atoms. The number of aromatic nitrogens is 3. The lowest BCUT2D eigenvalue weighted by Crippen LogP contribution is -2.44. The van der Waals surface area contributed by atoms with E-state index in [0.717, 1.165) is 35.9 Å². The molecule has 0 spiro atoms.